The third kappa shape index (κ3) is 1.85. The van der Waals surface area contributed by atoms with Crippen LogP contribution < -0.4 is 10.6 Å². The number of nitrogen functional groups attached to an aromatic ring is 1. The molecule has 3 nitrogen and oxygen atoms in total. The zero-order valence-electron chi connectivity index (χ0n) is 8.62. The number of hydrogen-bond donors (Lipinski definition) is 1. The third-order valence-electron chi connectivity index (χ3n) is 2.67. The molecule has 0 saturated carbocycles. The van der Waals surface area contributed by atoms with Crippen LogP contribution in [0.15, 0.2) is 18.2 Å². The van der Waals surface area contributed by atoms with E-state index in [1.807, 2.05) is 0 Å². The van der Waals surface area contributed by atoms with E-state index in [4.69, 9.17) is 5.73 Å². The van der Waals surface area contributed by atoms with Crippen molar-refractivity contribution in [2.75, 3.05) is 17.2 Å². The molecule has 0 aliphatic carbocycles. The second kappa shape index (κ2) is 4.08. The Morgan fingerprint density at radius 3 is 2.88 bits per heavy atom. The monoisotopic (exact) mass is 226 g/mol. The number of alkyl halides is 2. The highest BCUT2D eigenvalue weighted by molar-refractivity contribution is 5.96. The first-order valence-electron chi connectivity index (χ1n) is 5.07. The molecule has 16 heavy (non-hydrogen) atoms. The lowest BCUT2D eigenvalue weighted by Gasteiger charge is -2.29. The molecule has 1 aliphatic heterocycles. The van der Waals surface area contributed by atoms with Crippen LogP contribution in [0, 0.1) is 0 Å². The summed E-state index contributed by atoms with van der Waals surface area (Å²) < 4.78 is 24.7. The van der Waals surface area contributed by atoms with E-state index < -0.39 is 12.3 Å². The highest BCUT2D eigenvalue weighted by atomic mass is 19.3. The molecule has 86 valence electrons. The number of benzene rings is 1. The summed E-state index contributed by atoms with van der Waals surface area (Å²) in [4.78, 5) is 12.4. The maximum absolute atomic E-state index is 12.4. The van der Waals surface area contributed by atoms with Gasteiger partial charge in [0, 0.05) is 17.9 Å². The van der Waals surface area contributed by atoms with Crippen molar-refractivity contribution in [2.24, 2.45) is 0 Å². The van der Waals surface area contributed by atoms with Crippen molar-refractivity contribution in [1.82, 2.24) is 0 Å². The van der Waals surface area contributed by atoms with E-state index in [9.17, 15) is 13.6 Å². The molecule has 1 aromatic rings. The lowest BCUT2D eigenvalue weighted by molar-refractivity contribution is -0.129. The molecular formula is C11H12F2N2O. The number of aryl methyl sites for hydroxylation is 1. The number of amides is 1. The smallest absolute Gasteiger partial charge is 0.316 e. The molecule has 1 amide bonds. The third-order valence-corrected chi connectivity index (χ3v) is 2.67. The van der Waals surface area contributed by atoms with Gasteiger partial charge >= 0.3 is 6.43 Å². The van der Waals surface area contributed by atoms with Crippen LogP contribution in [0.3, 0.4) is 0 Å². The van der Waals surface area contributed by atoms with Crippen molar-refractivity contribution in [3.8, 4) is 0 Å². The molecule has 0 atom stereocenters. The number of anilines is 2. The van der Waals surface area contributed by atoms with Crippen LogP contribution in [0.1, 0.15) is 12.0 Å². The maximum atomic E-state index is 12.4. The Bertz CT molecular complexity index is 420. The molecule has 1 aliphatic rings. The zero-order valence-corrected chi connectivity index (χ0v) is 8.62. The standard InChI is InChI=1S/C11H12F2N2O/c12-10(13)11(16)15-5-1-2-7-6-8(14)3-4-9(7)15/h3-4,6,10H,1-2,5,14H2. The summed E-state index contributed by atoms with van der Waals surface area (Å²) in [6.07, 6.45) is -1.49. The van der Waals surface area contributed by atoms with Crippen molar-refractivity contribution >= 4 is 17.3 Å². The minimum Gasteiger partial charge on any atom is -0.399 e. The second-order valence-corrected chi connectivity index (χ2v) is 3.78. The van der Waals surface area contributed by atoms with E-state index in [2.05, 4.69) is 0 Å². The van der Waals surface area contributed by atoms with E-state index in [1.54, 1.807) is 18.2 Å². The summed E-state index contributed by atoms with van der Waals surface area (Å²) >= 11 is 0. The Kier molecular flexibility index (Phi) is 2.77. The van der Waals surface area contributed by atoms with E-state index in [0.29, 0.717) is 24.3 Å². The topological polar surface area (TPSA) is 46.3 Å². The van der Waals surface area contributed by atoms with E-state index in [1.165, 1.54) is 0 Å². The highest BCUT2D eigenvalue weighted by Gasteiger charge is 2.28. The summed E-state index contributed by atoms with van der Waals surface area (Å²) in [6, 6.07) is 4.99. The number of hydrogen-bond acceptors (Lipinski definition) is 2. The molecule has 5 heteroatoms. The van der Waals surface area contributed by atoms with Crippen LogP contribution in [-0.4, -0.2) is 18.9 Å². The van der Waals surface area contributed by atoms with Crippen LogP contribution in [0.25, 0.3) is 0 Å². The molecule has 1 aromatic carbocycles. The lowest BCUT2D eigenvalue weighted by Crippen LogP contribution is -2.39. The first kappa shape index (κ1) is 10.9. The van der Waals surface area contributed by atoms with Crippen molar-refractivity contribution in [3.63, 3.8) is 0 Å². The van der Waals surface area contributed by atoms with Gasteiger partial charge in [0.2, 0.25) is 0 Å². The average Bonchev–Trinajstić information content (AvgIpc) is 2.26. The number of carbonyl (C=O) groups excluding carboxylic acids is 1. The molecule has 0 saturated heterocycles. The fourth-order valence-electron chi connectivity index (χ4n) is 1.96. The quantitative estimate of drug-likeness (QED) is 0.742. The van der Waals surface area contributed by atoms with Crippen molar-refractivity contribution in [1.29, 1.82) is 0 Å². The second-order valence-electron chi connectivity index (χ2n) is 3.78. The van der Waals surface area contributed by atoms with Crippen LogP contribution >= 0.6 is 0 Å². The Morgan fingerprint density at radius 1 is 1.44 bits per heavy atom. The summed E-state index contributed by atoms with van der Waals surface area (Å²) in [5.41, 5.74) is 7.62. The van der Waals surface area contributed by atoms with Gasteiger partial charge in [-0.2, -0.15) is 8.78 Å². The predicted octanol–water partition coefficient (Wildman–Crippen LogP) is 1.81. The summed E-state index contributed by atoms with van der Waals surface area (Å²) in [6.45, 7) is 0.347. The summed E-state index contributed by atoms with van der Waals surface area (Å²) in [5.74, 6) is -1.13. The summed E-state index contributed by atoms with van der Waals surface area (Å²) in [5, 5.41) is 0. The molecule has 0 radical (unpaired) electrons. The van der Waals surface area contributed by atoms with Crippen molar-refractivity contribution in [2.45, 2.75) is 19.3 Å². The van der Waals surface area contributed by atoms with Gasteiger partial charge in [-0.15, -0.1) is 0 Å². The number of nitrogens with zero attached hydrogens (tertiary/aromatic N) is 1. The number of rotatable bonds is 1. The van der Waals surface area contributed by atoms with Gasteiger partial charge in [0.05, 0.1) is 0 Å². The van der Waals surface area contributed by atoms with Gasteiger partial charge in [-0.3, -0.25) is 4.79 Å². The fraction of sp³-hybridized carbons (Fsp3) is 0.364. The van der Waals surface area contributed by atoms with Crippen LogP contribution in [0.4, 0.5) is 20.2 Å². The van der Waals surface area contributed by atoms with Crippen LogP contribution in [0.5, 0.6) is 0 Å². The number of halogens is 2. The highest BCUT2D eigenvalue weighted by Crippen LogP contribution is 2.29. The Balaban J connectivity index is 2.37. The molecule has 1 heterocycles. The van der Waals surface area contributed by atoms with Gasteiger partial charge in [0.1, 0.15) is 0 Å². The number of carbonyl (C=O) groups is 1. The SMILES string of the molecule is Nc1ccc2c(c1)CCCN2C(=O)C(F)F. The first-order chi connectivity index (χ1) is 7.59. The summed E-state index contributed by atoms with van der Waals surface area (Å²) in [7, 11) is 0. The fourth-order valence-corrected chi connectivity index (χ4v) is 1.96. The minimum atomic E-state index is -2.96. The molecule has 0 fully saturated rings. The van der Waals surface area contributed by atoms with Gasteiger partial charge in [-0.1, -0.05) is 0 Å². The van der Waals surface area contributed by atoms with Crippen LogP contribution in [0.2, 0.25) is 0 Å². The first-order valence-corrected chi connectivity index (χ1v) is 5.07. The van der Waals surface area contributed by atoms with Gasteiger partial charge < -0.3 is 10.6 Å². The molecular weight excluding hydrogens is 214 g/mol. The minimum absolute atomic E-state index is 0.347. The molecule has 0 spiro atoms. The molecule has 0 unspecified atom stereocenters. The van der Waals surface area contributed by atoms with E-state index in [0.717, 1.165) is 16.9 Å². The van der Waals surface area contributed by atoms with E-state index in [-0.39, 0.29) is 0 Å². The molecule has 0 aromatic heterocycles. The largest absolute Gasteiger partial charge is 0.399 e. The Hall–Kier alpha value is -1.65. The molecule has 0 bridgehead atoms. The molecule has 2 N–H and O–H groups in total. The number of fused-ring (bicyclic) bond motifs is 1. The van der Waals surface area contributed by atoms with E-state index >= 15 is 0 Å². The maximum Gasteiger partial charge on any atom is 0.316 e. The van der Waals surface area contributed by atoms with Crippen molar-refractivity contribution < 1.29 is 13.6 Å². The zero-order chi connectivity index (χ0) is 11.7. The van der Waals surface area contributed by atoms with Crippen LogP contribution in [-0.2, 0) is 11.2 Å². The number of nitrogens with two attached hydrogens (primary N) is 1. The van der Waals surface area contributed by atoms with Gasteiger partial charge in [0.15, 0.2) is 0 Å². The van der Waals surface area contributed by atoms with Gasteiger partial charge in [-0.25, -0.2) is 0 Å². The predicted molar refractivity (Wildman–Crippen MR) is 57.5 cm³/mol. The van der Waals surface area contributed by atoms with Gasteiger partial charge in [0.25, 0.3) is 5.91 Å². The lowest BCUT2D eigenvalue weighted by atomic mass is 10.0. The normalized spacial score (nSPS) is 15.1. The van der Waals surface area contributed by atoms with Gasteiger partial charge in [-0.05, 0) is 36.6 Å². The van der Waals surface area contributed by atoms with Crippen molar-refractivity contribution in [3.05, 3.63) is 23.8 Å². The molecule has 2 rings (SSSR count). The Morgan fingerprint density at radius 2 is 2.19 bits per heavy atom. The Labute approximate surface area is 91.8 Å². The average molecular weight is 226 g/mol.